The van der Waals surface area contributed by atoms with Crippen molar-refractivity contribution < 1.29 is 9.90 Å². The van der Waals surface area contributed by atoms with E-state index in [1.165, 1.54) is 0 Å². The maximum absolute atomic E-state index is 10.8. The lowest BCUT2D eigenvalue weighted by Crippen LogP contribution is -2.51. The largest absolute Gasteiger partial charge is 0.381 e. The normalized spacial score (nSPS) is 17.1. The van der Waals surface area contributed by atoms with E-state index in [0.29, 0.717) is 5.56 Å². The molecule has 0 saturated carbocycles. The molecule has 0 spiro atoms. The zero-order valence-corrected chi connectivity index (χ0v) is 7.97. The Morgan fingerprint density at radius 1 is 1.43 bits per heavy atom. The number of aliphatic hydroxyl groups is 1. The number of rotatable bonds is 3. The van der Waals surface area contributed by atoms with Gasteiger partial charge in [-0.2, -0.15) is 0 Å². The van der Waals surface area contributed by atoms with E-state index >= 15 is 0 Å². The summed E-state index contributed by atoms with van der Waals surface area (Å²) in [4.78, 5) is 10.8. The molecule has 0 radical (unpaired) electrons. The number of nitrogens with two attached hydrogens (primary N) is 2. The van der Waals surface area contributed by atoms with Gasteiger partial charge in [0.15, 0.2) is 6.10 Å². The molecule has 0 aliphatic carbocycles. The van der Waals surface area contributed by atoms with Crippen molar-refractivity contribution in [2.45, 2.75) is 18.6 Å². The van der Waals surface area contributed by atoms with Crippen LogP contribution in [0.2, 0.25) is 0 Å². The second-order valence-corrected chi connectivity index (χ2v) is 3.45. The minimum Gasteiger partial charge on any atom is -0.381 e. The van der Waals surface area contributed by atoms with Gasteiger partial charge in [0.25, 0.3) is 0 Å². The smallest absolute Gasteiger partial charge is 0.248 e. The molecule has 4 nitrogen and oxygen atoms in total. The molecule has 5 N–H and O–H groups in total. The summed E-state index contributed by atoms with van der Waals surface area (Å²) in [6.45, 7) is 1.57. The summed E-state index contributed by atoms with van der Waals surface area (Å²) in [5.41, 5.74) is 10.3. The Hall–Kier alpha value is -1.39. The van der Waals surface area contributed by atoms with Crippen molar-refractivity contribution in [3.8, 4) is 0 Å². The molecule has 0 aliphatic rings. The fourth-order valence-electron chi connectivity index (χ4n) is 1.25. The highest BCUT2D eigenvalue weighted by Crippen LogP contribution is 2.21. The Bertz CT molecular complexity index is 322. The van der Waals surface area contributed by atoms with Crippen molar-refractivity contribution in [1.82, 2.24) is 0 Å². The highest BCUT2D eigenvalue weighted by atomic mass is 16.3. The van der Waals surface area contributed by atoms with E-state index in [1.54, 1.807) is 31.2 Å². The van der Waals surface area contributed by atoms with E-state index in [1.807, 2.05) is 6.07 Å². The van der Waals surface area contributed by atoms with Crippen molar-refractivity contribution in [2.75, 3.05) is 0 Å². The molecular formula is C10H14N2O2. The van der Waals surface area contributed by atoms with Gasteiger partial charge < -0.3 is 16.6 Å². The summed E-state index contributed by atoms with van der Waals surface area (Å²) >= 11 is 0. The van der Waals surface area contributed by atoms with Crippen LogP contribution in [0.1, 0.15) is 12.5 Å². The van der Waals surface area contributed by atoms with Crippen LogP contribution in [0.25, 0.3) is 0 Å². The molecule has 0 heterocycles. The van der Waals surface area contributed by atoms with Gasteiger partial charge in [-0.1, -0.05) is 30.3 Å². The van der Waals surface area contributed by atoms with E-state index in [2.05, 4.69) is 0 Å². The average Bonchev–Trinajstić information content (AvgIpc) is 2.18. The molecule has 1 aromatic carbocycles. The van der Waals surface area contributed by atoms with Crippen LogP contribution in [0, 0.1) is 0 Å². The average molecular weight is 194 g/mol. The first kappa shape index (κ1) is 10.7. The van der Waals surface area contributed by atoms with Crippen molar-refractivity contribution in [2.24, 2.45) is 11.5 Å². The molecule has 2 atom stereocenters. The molecular weight excluding hydrogens is 180 g/mol. The maximum Gasteiger partial charge on any atom is 0.248 e. The van der Waals surface area contributed by atoms with E-state index in [-0.39, 0.29) is 0 Å². The van der Waals surface area contributed by atoms with Crippen LogP contribution in [-0.4, -0.2) is 17.1 Å². The standard InChI is InChI=1S/C10H14N2O2/c1-10(12,8(13)9(11)14)7-5-3-2-4-6-7/h2-6,8,13H,12H2,1H3,(H2,11,14)/t8-,10-/m1/s1. The van der Waals surface area contributed by atoms with Gasteiger partial charge in [0.2, 0.25) is 5.91 Å². The Labute approximate surface area is 82.5 Å². The Morgan fingerprint density at radius 3 is 2.36 bits per heavy atom. The molecule has 1 amide bonds. The number of amides is 1. The summed E-state index contributed by atoms with van der Waals surface area (Å²) in [6, 6.07) is 8.89. The summed E-state index contributed by atoms with van der Waals surface area (Å²) in [7, 11) is 0. The number of carbonyl (C=O) groups is 1. The van der Waals surface area contributed by atoms with E-state index in [9.17, 15) is 9.90 Å². The third-order valence-electron chi connectivity index (χ3n) is 2.23. The number of benzene rings is 1. The molecule has 4 heteroatoms. The van der Waals surface area contributed by atoms with Crippen molar-refractivity contribution in [3.05, 3.63) is 35.9 Å². The van der Waals surface area contributed by atoms with Gasteiger partial charge in [-0.15, -0.1) is 0 Å². The Kier molecular flexibility index (Phi) is 2.88. The van der Waals surface area contributed by atoms with Crippen LogP contribution in [0.15, 0.2) is 30.3 Å². The van der Waals surface area contributed by atoms with Gasteiger partial charge in [-0.25, -0.2) is 0 Å². The van der Waals surface area contributed by atoms with Gasteiger partial charge in [-0.05, 0) is 12.5 Å². The first-order chi connectivity index (χ1) is 6.46. The second kappa shape index (κ2) is 3.77. The van der Waals surface area contributed by atoms with Crippen LogP contribution in [0.5, 0.6) is 0 Å². The number of aliphatic hydroxyl groups excluding tert-OH is 1. The lowest BCUT2D eigenvalue weighted by molar-refractivity contribution is -0.129. The number of hydrogen-bond acceptors (Lipinski definition) is 3. The first-order valence-electron chi connectivity index (χ1n) is 4.28. The van der Waals surface area contributed by atoms with Gasteiger partial charge in [0.1, 0.15) is 0 Å². The van der Waals surface area contributed by atoms with Crippen LogP contribution < -0.4 is 11.5 Å². The number of hydrogen-bond donors (Lipinski definition) is 3. The van der Waals surface area contributed by atoms with E-state index in [0.717, 1.165) is 0 Å². The minimum absolute atomic E-state index is 0.673. The van der Waals surface area contributed by atoms with Crippen LogP contribution in [0.3, 0.4) is 0 Å². The molecule has 1 rings (SSSR count). The Morgan fingerprint density at radius 2 is 1.93 bits per heavy atom. The monoisotopic (exact) mass is 194 g/mol. The SMILES string of the molecule is C[C@@](N)(c1ccccc1)[C@H](O)C(N)=O. The van der Waals surface area contributed by atoms with Gasteiger partial charge in [0.05, 0.1) is 5.54 Å². The molecule has 0 aliphatic heterocycles. The van der Waals surface area contributed by atoms with Crippen molar-refractivity contribution in [3.63, 3.8) is 0 Å². The van der Waals surface area contributed by atoms with E-state index in [4.69, 9.17) is 11.5 Å². The van der Waals surface area contributed by atoms with Crippen molar-refractivity contribution >= 4 is 5.91 Å². The highest BCUT2D eigenvalue weighted by molar-refractivity contribution is 5.80. The predicted molar refractivity (Wildman–Crippen MR) is 53.2 cm³/mol. The second-order valence-electron chi connectivity index (χ2n) is 3.45. The molecule has 1 aromatic rings. The summed E-state index contributed by atoms with van der Waals surface area (Å²) < 4.78 is 0. The summed E-state index contributed by atoms with van der Waals surface area (Å²) in [5.74, 6) is -0.821. The third-order valence-corrected chi connectivity index (χ3v) is 2.23. The van der Waals surface area contributed by atoms with Gasteiger partial charge in [-0.3, -0.25) is 4.79 Å². The number of carbonyl (C=O) groups excluding carboxylic acids is 1. The van der Waals surface area contributed by atoms with Crippen molar-refractivity contribution in [1.29, 1.82) is 0 Å². The molecule has 0 bridgehead atoms. The lowest BCUT2D eigenvalue weighted by atomic mass is 9.87. The fourth-order valence-corrected chi connectivity index (χ4v) is 1.25. The predicted octanol–water partition coefficient (Wildman–Crippen LogP) is -0.293. The van der Waals surface area contributed by atoms with Crippen LogP contribution in [-0.2, 0) is 10.3 Å². The van der Waals surface area contributed by atoms with Gasteiger partial charge >= 0.3 is 0 Å². The van der Waals surface area contributed by atoms with Gasteiger partial charge in [0, 0.05) is 0 Å². The van der Waals surface area contributed by atoms with Crippen LogP contribution in [0.4, 0.5) is 0 Å². The molecule has 76 valence electrons. The quantitative estimate of drug-likeness (QED) is 0.617. The van der Waals surface area contributed by atoms with Crippen LogP contribution >= 0.6 is 0 Å². The molecule has 14 heavy (non-hydrogen) atoms. The topological polar surface area (TPSA) is 89.3 Å². The van der Waals surface area contributed by atoms with E-state index < -0.39 is 17.6 Å². The number of primary amides is 1. The molecule has 0 fully saturated rings. The minimum atomic E-state index is -1.38. The fraction of sp³-hybridized carbons (Fsp3) is 0.300. The molecule has 0 unspecified atom stereocenters. The molecule has 0 aromatic heterocycles. The lowest BCUT2D eigenvalue weighted by Gasteiger charge is -2.28. The summed E-state index contributed by atoms with van der Waals surface area (Å²) in [5, 5.41) is 9.51. The zero-order chi connectivity index (χ0) is 10.8. The third kappa shape index (κ3) is 1.92. The highest BCUT2D eigenvalue weighted by Gasteiger charge is 2.34. The maximum atomic E-state index is 10.8. The molecule has 0 saturated heterocycles. The first-order valence-corrected chi connectivity index (χ1v) is 4.28. The summed E-state index contributed by atoms with van der Waals surface area (Å²) in [6.07, 6.45) is -1.38. The Balaban J connectivity index is 3.02. The zero-order valence-electron chi connectivity index (χ0n) is 7.97.